The molecule has 0 radical (unpaired) electrons. The first-order chi connectivity index (χ1) is 11.6. The summed E-state index contributed by atoms with van der Waals surface area (Å²) in [4.78, 5) is 25.7. The van der Waals surface area contributed by atoms with E-state index in [1.54, 1.807) is 30.3 Å². The zero-order valence-electron chi connectivity index (χ0n) is 14.5. The highest BCUT2D eigenvalue weighted by molar-refractivity contribution is 5.92. The normalized spacial score (nSPS) is 18.5. The van der Waals surface area contributed by atoms with Gasteiger partial charge < -0.3 is 15.0 Å². The highest BCUT2D eigenvalue weighted by Gasteiger charge is 2.18. The Bertz CT molecular complexity index is 581. The number of hydrogen-bond donors (Lipinski definition) is 1. The number of piperidine rings is 1. The molecule has 1 atom stereocenters. The molecule has 0 bridgehead atoms. The first-order valence-electron chi connectivity index (χ1n) is 8.49. The number of nitrogens with one attached hydrogen (secondary N) is 1. The second-order valence-corrected chi connectivity index (χ2v) is 6.09. The van der Waals surface area contributed by atoms with Crippen molar-refractivity contribution in [3.63, 3.8) is 0 Å². The van der Waals surface area contributed by atoms with Crippen molar-refractivity contribution in [3.05, 3.63) is 41.5 Å². The summed E-state index contributed by atoms with van der Waals surface area (Å²) in [5.74, 6) is 0.0907. The van der Waals surface area contributed by atoms with Gasteiger partial charge in [0.1, 0.15) is 0 Å². The minimum atomic E-state index is -0.364. The van der Waals surface area contributed by atoms with E-state index in [4.69, 9.17) is 0 Å². The monoisotopic (exact) mass is 330 g/mol. The van der Waals surface area contributed by atoms with Gasteiger partial charge in [-0.05, 0) is 55.6 Å². The van der Waals surface area contributed by atoms with Gasteiger partial charge in [0.15, 0.2) is 0 Å². The van der Waals surface area contributed by atoms with Crippen molar-refractivity contribution in [2.24, 2.45) is 5.92 Å². The van der Waals surface area contributed by atoms with Crippen LogP contribution in [0.3, 0.4) is 0 Å². The van der Waals surface area contributed by atoms with Crippen LogP contribution in [0, 0.1) is 5.92 Å². The molecule has 1 aliphatic heterocycles. The Hall–Kier alpha value is -2.14. The summed E-state index contributed by atoms with van der Waals surface area (Å²) in [6.07, 6.45) is 5.66. The summed E-state index contributed by atoms with van der Waals surface area (Å²) in [6.45, 7) is 6.21. The maximum Gasteiger partial charge on any atom is 0.337 e. The zero-order valence-corrected chi connectivity index (χ0v) is 14.5. The van der Waals surface area contributed by atoms with Gasteiger partial charge >= 0.3 is 5.97 Å². The van der Waals surface area contributed by atoms with Crippen molar-refractivity contribution in [2.45, 2.75) is 19.8 Å². The fraction of sp³-hybridized carbons (Fsp3) is 0.474. The molecule has 0 spiro atoms. The van der Waals surface area contributed by atoms with E-state index in [-0.39, 0.29) is 11.9 Å². The number of rotatable bonds is 6. The first-order valence-corrected chi connectivity index (χ1v) is 8.49. The van der Waals surface area contributed by atoms with Crippen LogP contribution in [0.1, 0.15) is 35.7 Å². The lowest BCUT2D eigenvalue weighted by Crippen LogP contribution is -2.40. The number of carbonyl (C=O) groups excluding carboxylic acids is 2. The van der Waals surface area contributed by atoms with E-state index in [1.807, 2.05) is 0 Å². The summed E-state index contributed by atoms with van der Waals surface area (Å²) in [6, 6.07) is 6.95. The third-order valence-corrected chi connectivity index (χ3v) is 4.37. The Morgan fingerprint density at radius 1 is 1.33 bits per heavy atom. The summed E-state index contributed by atoms with van der Waals surface area (Å²) < 4.78 is 4.65. The largest absolute Gasteiger partial charge is 0.465 e. The molecule has 0 aliphatic carbocycles. The van der Waals surface area contributed by atoms with E-state index in [0.29, 0.717) is 11.5 Å². The minimum Gasteiger partial charge on any atom is -0.465 e. The van der Waals surface area contributed by atoms with Crippen molar-refractivity contribution in [1.82, 2.24) is 10.2 Å². The lowest BCUT2D eigenvalue weighted by atomic mass is 9.98. The standard InChI is InChI=1S/C19H26N2O3/c1-3-21-12-4-5-16(14-21)13-20-18(22)11-8-15-6-9-17(10-7-15)19(23)24-2/h6-11,16H,3-5,12-14H2,1-2H3,(H,20,22). The van der Waals surface area contributed by atoms with E-state index in [0.717, 1.165) is 25.2 Å². The van der Waals surface area contributed by atoms with Crippen molar-refractivity contribution < 1.29 is 14.3 Å². The second kappa shape index (κ2) is 9.23. The van der Waals surface area contributed by atoms with Crippen molar-refractivity contribution >= 4 is 18.0 Å². The molecular weight excluding hydrogens is 304 g/mol. The van der Waals surface area contributed by atoms with Gasteiger partial charge in [-0.1, -0.05) is 19.1 Å². The molecule has 1 saturated heterocycles. The summed E-state index contributed by atoms with van der Waals surface area (Å²) in [7, 11) is 1.35. The fourth-order valence-electron chi connectivity index (χ4n) is 2.93. The Kier molecular flexibility index (Phi) is 7.00. The number of methoxy groups -OCH3 is 1. The number of likely N-dealkylation sites (tertiary alicyclic amines) is 1. The van der Waals surface area contributed by atoms with E-state index in [2.05, 4.69) is 21.9 Å². The molecule has 24 heavy (non-hydrogen) atoms. The van der Waals surface area contributed by atoms with Crippen LogP contribution < -0.4 is 5.32 Å². The molecule has 1 aliphatic rings. The molecular formula is C19H26N2O3. The van der Waals surface area contributed by atoms with E-state index < -0.39 is 0 Å². The average molecular weight is 330 g/mol. The van der Waals surface area contributed by atoms with Crippen LogP contribution in [0.25, 0.3) is 6.08 Å². The number of nitrogens with zero attached hydrogens (tertiary/aromatic N) is 1. The molecule has 5 heteroatoms. The van der Waals surface area contributed by atoms with Crippen LogP contribution in [0.15, 0.2) is 30.3 Å². The number of esters is 1. The minimum absolute atomic E-state index is 0.0827. The Morgan fingerprint density at radius 2 is 2.08 bits per heavy atom. The molecule has 1 fully saturated rings. The number of carbonyl (C=O) groups is 2. The Balaban J connectivity index is 1.79. The molecule has 2 rings (SSSR count). The van der Waals surface area contributed by atoms with Crippen LogP contribution >= 0.6 is 0 Å². The van der Waals surface area contributed by atoms with Crippen LogP contribution in [-0.4, -0.2) is 50.1 Å². The van der Waals surface area contributed by atoms with Gasteiger partial charge in [-0.3, -0.25) is 4.79 Å². The van der Waals surface area contributed by atoms with Crippen LogP contribution in [-0.2, 0) is 9.53 Å². The molecule has 1 unspecified atom stereocenters. The van der Waals surface area contributed by atoms with E-state index >= 15 is 0 Å². The topological polar surface area (TPSA) is 58.6 Å². The number of amides is 1. The van der Waals surface area contributed by atoms with E-state index in [1.165, 1.54) is 32.6 Å². The summed E-state index contributed by atoms with van der Waals surface area (Å²) in [5, 5.41) is 2.98. The highest BCUT2D eigenvalue weighted by Crippen LogP contribution is 2.15. The van der Waals surface area contributed by atoms with Crippen LogP contribution in [0.4, 0.5) is 0 Å². The van der Waals surface area contributed by atoms with Gasteiger partial charge in [0.2, 0.25) is 5.91 Å². The summed E-state index contributed by atoms with van der Waals surface area (Å²) in [5.41, 5.74) is 1.37. The predicted molar refractivity (Wildman–Crippen MR) is 94.7 cm³/mol. The third kappa shape index (κ3) is 5.49. The molecule has 130 valence electrons. The maximum atomic E-state index is 11.9. The van der Waals surface area contributed by atoms with Crippen LogP contribution in [0.2, 0.25) is 0 Å². The highest BCUT2D eigenvalue weighted by atomic mass is 16.5. The molecule has 1 N–H and O–H groups in total. The molecule has 1 amide bonds. The first kappa shape index (κ1) is 18.2. The summed E-state index contributed by atoms with van der Waals surface area (Å²) >= 11 is 0. The smallest absolute Gasteiger partial charge is 0.337 e. The zero-order chi connectivity index (χ0) is 17.4. The van der Waals surface area contributed by atoms with E-state index in [9.17, 15) is 9.59 Å². The number of benzene rings is 1. The quantitative estimate of drug-likeness (QED) is 0.642. The maximum absolute atomic E-state index is 11.9. The van der Waals surface area contributed by atoms with Gasteiger partial charge in [0.05, 0.1) is 12.7 Å². The van der Waals surface area contributed by atoms with Gasteiger partial charge in [-0.2, -0.15) is 0 Å². The molecule has 1 aromatic carbocycles. The lowest BCUT2D eigenvalue weighted by Gasteiger charge is -2.31. The molecule has 1 heterocycles. The van der Waals surface area contributed by atoms with Gasteiger partial charge in [-0.25, -0.2) is 4.79 Å². The predicted octanol–water partition coefficient (Wildman–Crippen LogP) is 2.33. The third-order valence-electron chi connectivity index (χ3n) is 4.37. The number of hydrogen-bond acceptors (Lipinski definition) is 4. The van der Waals surface area contributed by atoms with Crippen molar-refractivity contribution in [1.29, 1.82) is 0 Å². The second-order valence-electron chi connectivity index (χ2n) is 6.09. The van der Waals surface area contributed by atoms with Gasteiger partial charge in [-0.15, -0.1) is 0 Å². The van der Waals surface area contributed by atoms with Crippen molar-refractivity contribution in [2.75, 3.05) is 33.3 Å². The molecule has 0 saturated carbocycles. The molecule has 5 nitrogen and oxygen atoms in total. The lowest BCUT2D eigenvalue weighted by molar-refractivity contribution is -0.116. The fourth-order valence-corrected chi connectivity index (χ4v) is 2.93. The van der Waals surface area contributed by atoms with Gasteiger partial charge in [0.25, 0.3) is 0 Å². The number of ether oxygens (including phenoxy) is 1. The Labute approximate surface area is 143 Å². The SMILES string of the molecule is CCN1CCCC(CNC(=O)C=Cc2ccc(C(=O)OC)cc2)C1. The van der Waals surface area contributed by atoms with Crippen LogP contribution in [0.5, 0.6) is 0 Å². The Morgan fingerprint density at radius 3 is 2.75 bits per heavy atom. The molecule has 1 aromatic rings. The molecule has 0 aromatic heterocycles. The average Bonchev–Trinajstić information content (AvgIpc) is 2.64. The van der Waals surface area contributed by atoms with Gasteiger partial charge in [0, 0.05) is 19.2 Å². The van der Waals surface area contributed by atoms with Crippen molar-refractivity contribution in [3.8, 4) is 0 Å².